The molecule has 0 amide bonds. The van der Waals surface area contributed by atoms with Crippen molar-refractivity contribution in [3.05, 3.63) is 51.2 Å². The third-order valence-corrected chi connectivity index (χ3v) is 3.98. The molecule has 1 aromatic heterocycles. The molecule has 0 atom stereocenters. The maximum absolute atomic E-state index is 8.80. The van der Waals surface area contributed by atoms with Crippen LogP contribution in [0.3, 0.4) is 0 Å². The Labute approximate surface area is 124 Å². The molecule has 0 spiro atoms. The smallest absolute Gasteiger partial charge is 0.104 e. The Morgan fingerprint density at radius 1 is 1.20 bits per heavy atom. The first-order chi connectivity index (χ1) is 9.60. The Morgan fingerprint density at radius 2 is 1.90 bits per heavy atom. The Balaban J connectivity index is 2.19. The number of nitrogens with zero attached hydrogens (tertiary/aromatic N) is 1. The third kappa shape index (κ3) is 3.63. The summed E-state index contributed by atoms with van der Waals surface area (Å²) >= 11 is 1.71. The molecule has 0 fully saturated rings. The van der Waals surface area contributed by atoms with E-state index in [1.165, 1.54) is 21.7 Å². The molecule has 1 heterocycles. The molecule has 2 nitrogen and oxygen atoms in total. The summed E-state index contributed by atoms with van der Waals surface area (Å²) in [7, 11) is 2.09. The van der Waals surface area contributed by atoms with Gasteiger partial charge in [-0.25, -0.2) is 0 Å². The molecule has 2 rings (SSSR count). The van der Waals surface area contributed by atoms with E-state index in [1.54, 1.807) is 11.3 Å². The van der Waals surface area contributed by atoms with Gasteiger partial charge in [-0.2, -0.15) is 0 Å². The fourth-order valence-electron chi connectivity index (χ4n) is 2.19. The predicted octanol–water partition coefficient (Wildman–Crippen LogP) is 3.35. The van der Waals surface area contributed by atoms with E-state index in [0.29, 0.717) is 0 Å². The van der Waals surface area contributed by atoms with Crippen molar-refractivity contribution in [1.82, 2.24) is 0 Å². The first-order valence-corrected chi connectivity index (χ1v) is 7.43. The zero-order valence-corrected chi connectivity index (χ0v) is 12.9. The van der Waals surface area contributed by atoms with E-state index in [0.717, 1.165) is 12.1 Å². The van der Waals surface area contributed by atoms with Gasteiger partial charge in [-0.3, -0.25) is 0 Å². The van der Waals surface area contributed by atoms with Gasteiger partial charge in [0.2, 0.25) is 0 Å². The van der Waals surface area contributed by atoms with Gasteiger partial charge in [0.25, 0.3) is 0 Å². The van der Waals surface area contributed by atoms with Gasteiger partial charge in [-0.05, 0) is 48.6 Å². The van der Waals surface area contributed by atoms with Crippen LogP contribution >= 0.6 is 11.3 Å². The molecular formula is C17H19NOS. The fourth-order valence-corrected chi connectivity index (χ4v) is 3.07. The SMILES string of the molecule is Cc1cc(C)cc(N(C)Cc2sccc2C#CCO)c1. The molecule has 0 saturated heterocycles. The van der Waals surface area contributed by atoms with Crippen LogP contribution in [0.4, 0.5) is 5.69 Å². The number of anilines is 1. The summed E-state index contributed by atoms with van der Waals surface area (Å²) in [6.45, 7) is 4.97. The highest BCUT2D eigenvalue weighted by molar-refractivity contribution is 7.10. The Morgan fingerprint density at radius 3 is 2.55 bits per heavy atom. The molecule has 0 saturated carbocycles. The molecule has 2 aromatic rings. The molecule has 0 aliphatic rings. The molecular weight excluding hydrogens is 266 g/mol. The van der Waals surface area contributed by atoms with Gasteiger partial charge in [0.15, 0.2) is 0 Å². The Bertz CT molecular complexity index is 628. The van der Waals surface area contributed by atoms with Crippen LogP contribution in [-0.2, 0) is 6.54 Å². The average Bonchev–Trinajstić information content (AvgIpc) is 2.82. The molecule has 1 N–H and O–H groups in total. The lowest BCUT2D eigenvalue weighted by Gasteiger charge is -2.20. The number of aryl methyl sites for hydroxylation is 2. The average molecular weight is 285 g/mol. The highest BCUT2D eigenvalue weighted by Crippen LogP contribution is 2.23. The van der Waals surface area contributed by atoms with E-state index < -0.39 is 0 Å². The predicted molar refractivity (Wildman–Crippen MR) is 86.3 cm³/mol. The lowest BCUT2D eigenvalue weighted by atomic mass is 10.1. The van der Waals surface area contributed by atoms with Crippen molar-refractivity contribution in [1.29, 1.82) is 0 Å². The molecule has 104 valence electrons. The van der Waals surface area contributed by atoms with Crippen LogP contribution in [0.15, 0.2) is 29.6 Å². The van der Waals surface area contributed by atoms with Gasteiger partial charge >= 0.3 is 0 Å². The van der Waals surface area contributed by atoms with Gasteiger partial charge < -0.3 is 10.0 Å². The summed E-state index contributed by atoms with van der Waals surface area (Å²) in [5.74, 6) is 5.72. The molecule has 20 heavy (non-hydrogen) atoms. The summed E-state index contributed by atoms with van der Waals surface area (Å²) in [4.78, 5) is 3.46. The summed E-state index contributed by atoms with van der Waals surface area (Å²) in [6.07, 6.45) is 0. The van der Waals surface area contributed by atoms with Crippen molar-refractivity contribution in [2.24, 2.45) is 0 Å². The molecule has 3 heteroatoms. The fraction of sp³-hybridized carbons (Fsp3) is 0.294. The molecule has 0 radical (unpaired) electrons. The zero-order valence-electron chi connectivity index (χ0n) is 12.1. The summed E-state index contributed by atoms with van der Waals surface area (Å²) < 4.78 is 0. The molecule has 0 bridgehead atoms. The standard InChI is InChI=1S/C17H19NOS/c1-13-9-14(2)11-16(10-13)18(3)12-17-15(5-4-7-19)6-8-20-17/h6,8-11,19H,7,12H2,1-3H3. The lowest BCUT2D eigenvalue weighted by Crippen LogP contribution is -2.16. The minimum Gasteiger partial charge on any atom is -0.384 e. The number of aliphatic hydroxyl groups is 1. The van der Waals surface area contributed by atoms with Crippen LogP contribution in [-0.4, -0.2) is 18.8 Å². The first-order valence-electron chi connectivity index (χ1n) is 6.55. The highest BCUT2D eigenvalue weighted by atomic mass is 32.1. The topological polar surface area (TPSA) is 23.5 Å². The van der Waals surface area contributed by atoms with E-state index >= 15 is 0 Å². The largest absolute Gasteiger partial charge is 0.384 e. The number of rotatable bonds is 3. The highest BCUT2D eigenvalue weighted by Gasteiger charge is 2.07. The van der Waals surface area contributed by atoms with Crippen molar-refractivity contribution in [3.63, 3.8) is 0 Å². The number of aliphatic hydroxyl groups excluding tert-OH is 1. The van der Waals surface area contributed by atoms with Crippen molar-refractivity contribution < 1.29 is 5.11 Å². The summed E-state index contributed by atoms with van der Waals surface area (Å²) in [6, 6.07) is 8.58. The van der Waals surface area contributed by atoms with E-state index in [-0.39, 0.29) is 6.61 Å². The van der Waals surface area contributed by atoms with Gasteiger partial charge in [0.1, 0.15) is 6.61 Å². The number of hydrogen-bond donors (Lipinski definition) is 1. The van der Waals surface area contributed by atoms with E-state index in [2.05, 4.69) is 55.8 Å². The van der Waals surface area contributed by atoms with Gasteiger partial charge in [0.05, 0.1) is 6.54 Å². The lowest BCUT2D eigenvalue weighted by molar-refractivity contribution is 0.350. The molecule has 0 aliphatic carbocycles. The quantitative estimate of drug-likeness (QED) is 0.874. The van der Waals surface area contributed by atoms with E-state index in [1.807, 2.05) is 11.4 Å². The summed E-state index contributed by atoms with van der Waals surface area (Å²) in [5.41, 5.74) is 4.79. The number of benzene rings is 1. The minimum absolute atomic E-state index is 0.0950. The molecule has 1 aromatic carbocycles. The van der Waals surface area contributed by atoms with E-state index in [4.69, 9.17) is 5.11 Å². The maximum atomic E-state index is 8.80. The zero-order chi connectivity index (χ0) is 14.5. The van der Waals surface area contributed by atoms with E-state index in [9.17, 15) is 0 Å². The first kappa shape index (κ1) is 14.6. The van der Waals surface area contributed by atoms with Gasteiger partial charge in [0, 0.05) is 23.2 Å². The van der Waals surface area contributed by atoms with Crippen molar-refractivity contribution in [2.75, 3.05) is 18.6 Å². The molecule has 0 aliphatic heterocycles. The maximum Gasteiger partial charge on any atom is 0.104 e. The van der Waals surface area contributed by atoms with Crippen LogP contribution in [0, 0.1) is 25.7 Å². The molecule has 0 unspecified atom stereocenters. The second-order valence-corrected chi connectivity index (χ2v) is 5.92. The Hall–Kier alpha value is -1.76. The van der Waals surface area contributed by atoms with Crippen LogP contribution < -0.4 is 4.90 Å². The minimum atomic E-state index is -0.0950. The summed E-state index contributed by atoms with van der Waals surface area (Å²) in [5, 5.41) is 10.8. The van der Waals surface area contributed by atoms with Crippen LogP contribution in [0.25, 0.3) is 0 Å². The second kappa shape index (κ2) is 6.60. The van der Waals surface area contributed by atoms with Crippen molar-refractivity contribution in [2.45, 2.75) is 20.4 Å². The number of thiophene rings is 1. The van der Waals surface area contributed by atoms with Gasteiger partial charge in [-0.1, -0.05) is 17.9 Å². The number of hydrogen-bond acceptors (Lipinski definition) is 3. The normalized spacial score (nSPS) is 10.0. The van der Waals surface area contributed by atoms with Crippen LogP contribution in [0.5, 0.6) is 0 Å². The van der Waals surface area contributed by atoms with Crippen LogP contribution in [0.1, 0.15) is 21.6 Å². The van der Waals surface area contributed by atoms with Crippen molar-refractivity contribution in [3.8, 4) is 11.8 Å². The monoisotopic (exact) mass is 285 g/mol. The Kier molecular flexibility index (Phi) is 4.84. The van der Waals surface area contributed by atoms with Crippen molar-refractivity contribution >= 4 is 17.0 Å². The second-order valence-electron chi connectivity index (χ2n) is 4.92. The third-order valence-electron chi connectivity index (χ3n) is 3.08. The van der Waals surface area contributed by atoms with Crippen LogP contribution in [0.2, 0.25) is 0 Å². The van der Waals surface area contributed by atoms with Gasteiger partial charge in [-0.15, -0.1) is 11.3 Å².